The van der Waals surface area contributed by atoms with Crippen LogP contribution in [0.5, 0.6) is 0 Å². The number of hydrogen-bond donors (Lipinski definition) is 1. The molecule has 1 amide bonds. The Balaban J connectivity index is 1.98. The molecule has 1 aliphatic heterocycles. The van der Waals surface area contributed by atoms with Crippen LogP contribution in [0.1, 0.15) is 29.9 Å². The normalized spacial score (nSPS) is 17.5. The Kier molecular flexibility index (Phi) is 3.47. The highest BCUT2D eigenvalue weighted by molar-refractivity contribution is 5.79. The summed E-state index contributed by atoms with van der Waals surface area (Å²) in [5.74, 6) is 0.885. The molecule has 1 aromatic rings. The molecule has 0 radical (unpaired) electrons. The third-order valence-electron chi connectivity index (χ3n) is 3.40. The number of carbonyl (C=O) groups excluding carboxylic acids is 1. The average Bonchev–Trinajstić information content (AvgIpc) is 2.61. The first-order valence-corrected chi connectivity index (χ1v) is 6.03. The third-order valence-corrected chi connectivity index (χ3v) is 3.40. The second-order valence-corrected chi connectivity index (χ2v) is 4.70. The molecule has 94 valence electrons. The van der Waals surface area contributed by atoms with Gasteiger partial charge in [0.25, 0.3) is 0 Å². The summed E-state index contributed by atoms with van der Waals surface area (Å²) in [5, 5.41) is 3.86. The lowest BCUT2D eigenvalue weighted by Crippen LogP contribution is -2.43. The molecule has 0 unspecified atom stereocenters. The van der Waals surface area contributed by atoms with Gasteiger partial charge in [-0.25, -0.2) is 0 Å². The van der Waals surface area contributed by atoms with Gasteiger partial charge in [0.1, 0.15) is 5.76 Å². The van der Waals surface area contributed by atoms with Gasteiger partial charge in [-0.05, 0) is 26.7 Å². The van der Waals surface area contributed by atoms with Crippen LogP contribution in [0, 0.1) is 13.8 Å². The van der Waals surface area contributed by atoms with Crippen molar-refractivity contribution in [2.45, 2.75) is 39.2 Å². The molecule has 0 saturated carbocycles. The molecule has 1 fully saturated rings. The van der Waals surface area contributed by atoms with E-state index in [4.69, 9.17) is 10.3 Å². The van der Waals surface area contributed by atoms with Crippen molar-refractivity contribution in [3.8, 4) is 0 Å². The highest BCUT2D eigenvalue weighted by Gasteiger charge is 2.22. The number of carbonyl (C=O) groups is 1. The number of amides is 1. The Morgan fingerprint density at radius 3 is 2.65 bits per heavy atom. The molecule has 5 nitrogen and oxygen atoms in total. The molecule has 5 heteroatoms. The summed E-state index contributed by atoms with van der Waals surface area (Å²) < 4.78 is 5.06. The Labute approximate surface area is 101 Å². The maximum absolute atomic E-state index is 12.1. The fourth-order valence-corrected chi connectivity index (χ4v) is 2.17. The molecule has 0 aromatic carbocycles. The molecule has 1 saturated heterocycles. The van der Waals surface area contributed by atoms with Crippen molar-refractivity contribution < 1.29 is 9.32 Å². The zero-order valence-corrected chi connectivity index (χ0v) is 10.4. The molecule has 1 aliphatic rings. The molecule has 1 aromatic heterocycles. The van der Waals surface area contributed by atoms with Crippen LogP contribution in [-0.2, 0) is 11.2 Å². The van der Waals surface area contributed by atoms with Crippen LogP contribution >= 0.6 is 0 Å². The minimum atomic E-state index is 0.145. The van der Waals surface area contributed by atoms with Gasteiger partial charge in [-0.2, -0.15) is 0 Å². The van der Waals surface area contributed by atoms with Crippen LogP contribution in [0.25, 0.3) is 0 Å². The third kappa shape index (κ3) is 2.66. The standard InChI is InChI=1S/C12H19N3O2/c1-8-11(9(2)17-14-8)7-12(16)15-5-3-10(13)4-6-15/h10H,3-7,13H2,1-2H3. The van der Waals surface area contributed by atoms with Crippen LogP contribution in [0.4, 0.5) is 0 Å². The molecule has 2 heterocycles. The van der Waals surface area contributed by atoms with E-state index < -0.39 is 0 Å². The largest absolute Gasteiger partial charge is 0.361 e. The first-order valence-electron chi connectivity index (χ1n) is 6.03. The Morgan fingerprint density at radius 1 is 1.47 bits per heavy atom. The van der Waals surface area contributed by atoms with Gasteiger partial charge >= 0.3 is 0 Å². The maximum Gasteiger partial charge on any atom is 0.227 e. The van der Waals surface area contributed by atoms with Crippen LogP contribution in [-0.4, -0.2) is 35.1 Å². The number of likely N-dealkylation sites (tertiary alicyclic amines) is 1. The van der Waals surface area contributed by atoms with E-state index in [1.165, 1.54) is 0 Å². The van der Waals surface area contributed by atoms with Crippen molar-refractivity contribution in [1.82, 2.24) is 10.1 Å². The van der Waals surface area contributed by atoms with E-state index in [-0.39, 0.29) is 11.9 Å². The number of aryl methyl sites for hydroxylation is 2. The van der Waals surface area contributed by atoms with Gasteiger partial charge in [0.05, 0.1) is 12.1 Å². The predicted molar refractivity (Wildman–Crippen MR) is 63.5 cm³/mol. The first kappa shape index (κ1) is 12.1. The summed E-state index contributed by atoms with van der Waals surface area (Å²) in [6.45, 7) is 5.24. The van der Waals surface area contributed by atoms with E-state index in [1.807, 2.05) is 18.7 Å². The number of rotatable bonds is 2. The second-order valence-electron chi connectivity index (χ2n) is 4.70. The quantitative estimate of drug-likeness (QED) is 0.825. The van der Waals surface area contributed by atoms with Crippen LogP contribution in [0.2, 0.25) is 0 Å². The lowest BCUT2D eigenvalue weighted by Gasteiger charge is -2.30. The number of piperidine rings is 1. The number of aromatic nitrogens is 1. The Morgan fingerprint density at radius 2 is 2.12 bits per heavy atom. The summed E-state index contributed by atoms with van der Waals surface area (Å²) in [4.78, 5) is 14.0. The van der Waals surface area contributed by atoms with Crippen LogP contribution < -0.4 is 5.73 Å². The van der Waals surface area contributed by atoms with Crippen molar-refractivity contribution in [3.05, 3.63) is 17.0 Å². The maximum atomic E-state index is 12.1. The van der Waals surface area contributed by atoms with Crippen LogP contribution in [0.3, 0.4) is 0 Å². The van der Waals surface area contributed by atoms with Gasteiger partial charge in [-0.3, -0.25) is 4.79 Å². The highest BCUT2D eigenvalue weighted by atomic mass is 16.5. The number of nitrogens with two attached hydrogens (primary N) is 1. The summed E-state index contributed by atoms with van der Waals surface area (Å²) in [7, 11) is 0. The monoisotopic (exact) mass is 237 g/mol. The van der Waals surface area contributed by atoms with Gasteiger partial charge in [0, 0.05) is 24.7 Å². The average molecular weight is 237 g/mol. The highest BCUT2D eigenvalue weighted by Crippen LogP contribution is 2.16. The van der Waals surface area contributed by atoms with Crippen LogP contribution in [0.15, 0.2) is 4.52 Å². The Hall–Kier alpha value is -1.36. The molecule has 0 bridgehead atoms. The fourth-order valence-electron chi connectivity index (χ4n) is 2.17. The fraction of sp³-hybridized carbons (Fsp3) is 0.667. The van der Waals surface area contributed by atoms with Gasteiger partial charge < -0.3 is 15.2 Å². The molecule has 0 aliphatic carbocycles. The van der Waals surface area contributed by atoms with E-state index in [9.17, 15) is 4.79 Å². The minimum Gasteiger partial charge on any atom is -0.361 e. The lowest BCUT2D eigenvalue weighted by atomic mass is 10.0. The molecule has 17 heavy (non-hydrogen) atoms. The van der Waals surface area contributed by atoms with Gasteiger partial charge in [-0.15, -0.1) is 0 Å². The van der Waals surface area contributed by atoms with Gasteiger partial charge in [0.15, 0.2) is 0 Å². The first-order chi connectivity index (χ1) is 8.08. The molecule has 0 atom stereocenters. The molecule has 0 spiro atoms. The summed E-state index contributed by atoms with van der Waals surface area (Å²) in [6, 6.07) is 0.248. The number of hydrogen-bond acceptors (Lipinski definition) is 4. The van der Waals surface area contributed by atoms with Gasteiger partial charge in [-0.1, -0.05) is 5.16 Å². The Bertz CT molecular complexity index is 386. The topological polar surface area (TPSA) is 72.4 Å². The van der Waals surface area contributed by atoms with E-state index in [1.54, 1.807) is 0 Å². The molecule has 2 N–H and O–H groups in total. The van der Waals surface area contributed by atoms with Crippen molar-refractivity contribution in [2.24, 2.45) is 5.73 Å². The number of nitrogens with zero attached hydrogens (tertiary/aromatic N) is 2. The van der Waals surface area contributed by atoms with E-state index in [0.717, 1.165) is 42.9 Å². The molecule has 2 rings (SSSR count). The van der Waals surface area contributed by atoms with Crippen molar-refractivity contribution in [1.29, 1.82) is 0 Å². The van der Waals surface area contributed by atoms with E-state index in [2.05, 4.69) is 5.16 Å². The van der Waals surface area contributed by atoms with Gasteiger partial charge in [0.2, 0.25) is 5.91 Å². The zero-order valence-electron chi connectivity index (χ0n) is 10.4. The molecular weight excluding hydrogens is 218 g/mol. The zero-order chi connectivity index (χ0) is 12.4. The van der Waals surface area contributed by atoms with Crippen molar-refractivity contribution >= 4 is 5.91 Å². The summed E-state index contributed by atoms with van der Waals surface area (Å²) in [5.41, 5.74) is 7.55. The predicted octanol–water partition coefficient (Wildman–Crippen LogP) is 0.784. The summed E-state index contributed by atoms with van der Waals surface area (Å²) in [6.07, 6.45) is 2.18. The SMILES string of the molecule is Cc1noc(C)c1CC(=O)N1CCC(N)CC1. The second kappa shape index (κ2) is 4.87. The van der Waals surface area contributed by atoms with E-state index >= 15 is 0 Å². The minimum absolute atomic E-state index is 0.145. The van der Waals surface area contributed by atoms with Crippen molar-refractivity contribution in [3.63, 3.8) is 0 Å². The molecular formula is C12H19N3O2. The van der Waals surface area contributed by atoms with Crippen molar-refractivity contribution in [2.75, 3.05) is 13.1 Å². The lowest BCUT2D eigenvalue weighted by molar-refractivity contribution is -0.131. The van der Waals surface area contributed by atoms with E-state index in [0.29, 0.717) is 6.42 Å². The smallest absolute Gasteiger partial charge is 0.227 e. The summed E-state index contributed by atoms with van der Waals surface area (Å²) >= 11 is 0.